The molecule has 4 amide bonds. The number of aromatic nitrogens is 2. The summed E-state index contributed by atoms with van der Waals surface area (Å²) in [5.74, 6) is -2.88. The quantitative estimate of drug-likeness (QED) is 0.189. The van der Waals surface area contributed by atoms with Crippen LogP contribution >= 0.6 is 0 Å². The van der Waals surface area contributed by atoms with Gasteiger partial charge >= 0.3 is 12.1 Å². The summed E-state index contributed by atoms with van der Waals surface area (Å²) in [5, 5.41) is 8.79. The SMILES string of the molecule is Cc1ccc(C(=O)Nc2ccc(C)c(-c3nc(NC4CCN(C(=O)OC(C)(C)C)CC4)nc4c3CNC(=O)N4c3c(F)cccc3F)c2)cc1F. The van der Waals surface area contributed by atoms with Gasteiger partial charge in [0.1, 0.15) is 28.7 Å². The monoisotopic (exact) mass is 701 g/mol. The fourth-order valence-electron chi connectivity index (χ4n) is 5.96. The van der Waals surface area contributed by atoms with Crippen LogP contribution < -0.4 is 20.9 Å². The van der Waals surface area contributed by atoms with E-state index in [0.717, 1.165) is 28.7 Å². The van der Waals surface area contributed by atoms with Crippen molar-refractivity contribution in [1.29, 1.82) is 0 Å². The van der Waals surface area contributed by atoms with Gasteiger partial charge in [0.2, 0.25) is 5.95 Å². The highest BCUT2D eigenvalue weighted by molar-refractivity contribution is 6.05. The Morgan fingerprint density at radius 2 is 1.61 bits per heavy atom. The van der Waals surface area contributed by atoms with Crippen molar-refractivity contribution in [3.63, 3.8) is 0 Å². The topological polar surface area (TPSA) is 129 Å². The zero-order chi connectivity index (χ0) is 36.6. The third kappa shape index (κ3) is 7.59. The number of nitrogens with zero attached hydrogens (tertiary/aromatic N) is 4. The molecule has 4 aromatic rings. The molecule has 0 spiro atoms. The average molecular weight is 702 g/mol. The summed E-state index contributed by atoms with van der Waals surface area (Å²) >= 11 is 0. The van der Waals surface area contributed by atoms with E-state index >= 15 is 8.78 Å². The Morgan fingerprint density at radius 1 is 0.922 bits per heavy atom. The summed E-state index contributed by atoms with van der Waals surface area (Å²) in [4.78, 5) is 51.0. The van der Waals surface area contributed by atoms with Crippen LogP contribution in [0.4, 0.5) is 45.9 Å². The second-order valence-electron chi connectivity index (χ2n) is 13.6. The molecule has 6 rings (SSSR count). The molecule has 11 nitrogen and oxygen atoms in total. The number of carbonyl (C=O) groups excluding carboxylic acids is 3. The fourth-order valence-corrected chi connectivity index (χ4v) is 5.96. The van der Waals surface area contributed by atoms with Crippen molar-refractivity contribution in [3.05, 3.63) is 94.3 Å². The first kappa shape index (κ1) is 35.2. The number of para-hydroxylation sites is 1. The van der Waals surface area contributed by atoms with Gasteiger partial charge in [-0.1, -0.05) is 18.2 Å². The molecule has 0 unspecified atom stereocenters. The number of nitrogens with one attached hydrogen (secondary N) is 3. The Morgan fingerprint density at radius 3 is 2.27 bits per heavy atom. The molecule has 3 aromatic carbocycles. The maximum absolute atomic E-state index is 15.2. The predicted molar refractivity (Wildman–Crippen MR) is 186 cm³/mol. The lowest BCUT2D eigenvalue weighted by Crippen LogP contribution is -2.45. The largest absolute Gasteiger partial charge is 0.444 e. The van der Waals surface area contributed by atoms with Gasteiger partial charge < -0.3 is 25.6 Å². The third-order valence-electron chi connectivity index (χ3n) is 8.64. The van der Waals surface area contributed by atoms with Gasteiger partial charge in [0, 0.05) is 41.5 Å². The molecule has 3 N–H and O–H groups in total. The summed E-state index contributed by atoms with van der Waals surface area (Å²) < 4.78 is 50.1. The van der Waals surface area contributed by atoms with Crippen molar-refractivity contribution >= 4 is 41.2 Å². The number of urea groups is 1. The van der Waals surface area contributed by atoms with E-state index in [2.05, 4.69) is 20.9 Å². The summed E-state index contributed by atoms with van der Waals surface area (Å²) in [6, 6.07) is 11.7. The number of hydrogen-bond acceptors (Lipinski definition) is 7. The number of hydrogen-bond donors (Lipinski definition) is 3. The zero-order valence-corrected chi connectivity index (χ0v) is 28.9. The number of aryl methyl sites for hydroxylation is 2. The van der Waals surface area contributed by atoms with Gasteiger partial charge in [0.25, 0.3) is 5.91 Å². The number of halogens is 3. The van der Waals surface area contributed by atoms with Crippen molar-refractivity contribution in [2.45, 2.75) is 65.6 Å². The fraction of sp³-hybridized carbons (Fsp3) is 0.324. The first-order chi connectivity index (χ1) is 24.2. The second kappa shape index (κ2) is 13.9. The molecule has 0 bridgehead atoms. The van der Waals surface area contributed by atoms with Crippen LogP contribution in [0.15, 0.2) is 54.6 Å². The summed E-state index contributed by atoms with van der Waals surface area (Å²) in [7, 11) is 0. The van der Waals surface area contributed by atoms with Gasteiger partial charge in [-0.2, -0.15) is 4.98 Å². The molecule has 0 radical (unpaired) electrons. The minimum Gasteiger partial charge on any atom is -0.444 e. The average Bonchev–Trinajstić information content (AvgIpc) is 3.07. The molecule has 1 aromatic heterocycles. The Bertz CT molecular complexity index is 2010. The number of amides is 4. The summed E-state index contributed by atoms with van der Waals surface area (Å²) in [6.07, 6.45) is 0.652. The second-order valence-corrected chi connectivity index (χ2v) is 13.6. The molecule has 14 heteroatoms. The van der Waals surface area contributed by atoms with E-state index in [9.17, 15) is 18.8 Å². The Labute approximate surface area is 293 Å². The first-order valence-electron chi connectivity index (χ1n) is 16.5. The number of rotatable bonds is 6. The molecule has 3 heterocycles. The van der Waals surface area contributed by atoms with Gasteiger partial charge in [-0.15, -0.1) is 0 Å². The lowest BCUT2D eigenvalue weighted by atomic mass is 9.99. The van der Waals surface area contributed by atoms with E-state index in [0.29, 0.717) is 54.0 Å². The number of ether oxygens (including phenoxy) is 1. The van der Waals surface area contributed by atoms with E-state index in [4.69, 9.17) is 9.72 Å². The molecule has 266 valence electrons. The molecule has 0 saturated carbocycles. The Kier molecular flexibility index (Phi) is 9.60. The summed E-state index contributed by atoms with van der Waals surface area (Å²) in [6.45, 7) is 9.61. The van der Waals surface area contributed by atoms with Crippen LogP contribution in [0.3, 0.4) is 0 Å². The molecule has 2 aliphatic heterocycles. The number of anilines is 4. The number of likely N-dealkylation sites (tertiary alicyclic amines) is 1. The van der Waals surface area contributed by atoms with Crippen molar-refractivity contribution < 1.29 is 32.3 Å². The smallest absolute Gasteiger partial charge is 0.410 e. The third-order valence-corrected chi connectivity index (χ3v) is 8.64. The summed E-state index contributed by atoms with van der Waals surface area (Å²) in [5.41, 5.74) is 1.73. The first-order valence-corrected chi connectivity index (χ1v) is 16.5. The van der Waals surface area contributed by atoms with Crippen LogP contribution in [0.25, 0.3) is 11.3 Å². The molecular formula is C37H38F3N7O4. The lowest BCUT2D eigenvalue weighted by Gasteiger charge is -2.34. The normalized spacial score (nSPS) is 14.9. The minimum absolute atomic E-state index is 0.0228. The maximum atomic E-state index is 15.2. The van der Waals surface area contributed by atoms with Crippen molar-refractivity contribution in [2.75, 3.05) is 28.6 Å². The van der Waals surface area contributed by atoms with Crippen molar-refractivity contribution in [2.24, 2.45) is 0 Å². The van der Waals surface area contributed by atoms with Crippen LogP contribution in [0.2, 0.25) is 0 Å². The van der Waals surface area contributed by atoms with E-state index in [1.165, 1.54) is 18.2 Å². The van der Waals surface area contributed by atoms with Crippen molar-refractivity contribution in [3.8, 4) is 11.3 Å². The van der Waals surface area contributed by atoms with Crippen LogP contribution in [0.5, 0.6) is 0 Å². The van der Waals surface area contributed by atoms with Crippen LogP contribution in [-0.4, -0.2) is 57.6 Å². The van der Waals surface area contributed by atoms with Crippen LogP contribution in [-0.2, 0) is 11.3 Å². The highest BCUT2D eigenvalue weighted by atomic mass is 19.1. The van der Waals surface area contributed by atoms with E-state index in [1.807, 2.05) is 6.92 Å². The predicted octanol–water partition coefficient (Wildman–Crippen LogP) is 7.60. The van der Waals surface area contributed by atoms with E-state index in [1.54, 1.807) is 50.8 Å². The molecule has 1 fully saturated rings. The van der Waals surface area contributed by atoms with Gasteiger partial charge in [-0.25, -0.2) is 32.6 Å². The number of carbonyl (C=O) groups is 3. The molecule has 0 aliphatic carbocycles. The Hall–Kier alpha value is -5.66. The number of piperidine rings is 1. The molecule has 51 heavy (non-hydrogen) atoms. The molecular weight excluding hydrogens is 663 g/mol. The van der Waals surface area contributed by atoms with Gasteiger partial charge in [0.05, 0.1) is 12.2 Å². The molecule has 1 saturated heterocycles. The molecule has 0 atom stereocenters. The number of fused-ring (bicyclic) bond motifs is 1. The van der Waals surface area contributed by atoms with E-state index < -0.39 is 46.8 Å². The minimum atomic E-state index is -0.962. The van der Waals surface area contributed by atoms with Gasteiger partial charge in [0.15, 0.2) is 5.82 Å². The van der Waals surface area contributed by atoms with E-state index in [-0.39, 0.29) is 29.9 Å². The highest BCUT2D eigenvalue weighted by Gasteiger charge is 2.35. The zero-order valence-electron chi connectivity index (χ0n) is 28.9. The van der Waals surface area contributed by atoms with Crippen LogP contribution in [0.1, 0.15) is 60.7 Å². The van der Waals surface area contributed by atoms with Crippen LogP contribution in [0, 0.1) is 31.3 Å². The van der Waals surface area contributed by atoms with Gasteiger partial charge in [-0.05, 0) is 95.0 Å². The number of benzene rings is 3. The highest BCUT2D eigenvalue weighted by Crippen LogP contribution is 2.40. The Balaban J connectivity index is 1.38. The lowest BCUT2D eigenvalue weighted by molar-refractivity contribution is 0.0210. The van der Waals surface area contributed by atoms with Crippen molar-refractivity contribution in [1.82, 2.24) is 20.2 Å². The standard InChI is InChI=1S/C37H38F3N7O4/c1-20-10-12-24(42-33(48)22-11-9-21(2)29(40)17-22)18-25(20)30-26-19-41-35(49)47(31-27(38)7-6-8-28(31)39)32(26)45-34(44-30)43-23-13-15-46(16-14-23)36(50)51-37(3,4)5/h6-12,17-18,23H,13-16,19H2,1-5H3,(H,41,49)(H,42,48)(H,43,44,45). The van der Waals surface area contributed by atoms with Gasteiger partial charge in [-0.3, -0.25) is 4.79 Å². The maximum Gasteiger partial charge on any atom is 0.410 e. The molecule has 2 aliphatic rings.